The summed E-state index contributed by atoms with van der Waals surface area (Å²) in [6.45, 7) is 1.93. The van der Waals surface area contributed by atoms with Crippen LogP contribution in [0.5, 0.6) is 0 Å². The summed E-state index contributed by atoms with van der Waals surface area (Å²) < 4.78 is 5.74. The molecule has 0 spiro atoms. The maximum atomic E-state index is 4.95. The number of aromatic nitrogens is 2. The third-order valence-corrected chi connectivity index (χ3v) is 2.01. The Morgan fingerprint density at radius 1 is 1.38 bits per heavy atom. The van der Waals surface area contributed by atoms with Gasteiger partial charge in [-0.15, -0.1) is 0 Å². The van der Waals surface area contributed by atoms with E-state index in [1.807, 2.05) is 19.1 Å². The Kier molecular flexibility index (Phi) is 2.14. The van der Waals surface area contributed by atoms with Crippen molar-refractivity contribution in [2.45, 2.75) is 6.92 Å². The molecular weight excluding hydrogens is 232 g/mol. The Labute approximate surface area is 84.0 Å². The number of hydrogen-bond donors (Lipinski definition) is 0. The maximum Gasteiger partial charge on any atom is 0.163 e. The predicted molar refractivity (Wildman–Crippen MR) is 52.2 cm³/mol. The van der Waals surface area contributed by atoms with Crippen LogP contribution in [0.1, 0.15) is 5.69 Å². The average Bonchev–Trinajstić information content (AvgIpc) is 2.53. The van der Waals surface area contributed by atoms with Crippen LogP contribution < -0.4 is 0 Å². The summed E-state index contributed by atoms with van der Waals surface area (Å²) in [6.07, 6.45) is 3.23. The van der Waals surface area contributed by atoms with Crippen molar-refractivity contribution in [1.82, 2.24) is 9.97 Å². The molecule has 0 radical (unpaired) electrons. The van der Waals surface area contributed by atoms with Gasteiger partial charge in [0.1, 0.15) is 10.9 Å². The standard InChI is InChI=1S/C9H7BrN2O/c1-6-4-8(10)12-9(11-6)7-2-3-13-5-7/h2-5H,1H3. The second kappa shape index (κ2) is 3.30. The van der Waals surface area contributed by atoms with Gasteiger partial charge in [0, 0.05) is 5.69 Å². The molecule has 0 fully saturated rings. The fourth-order valence-corrected chi connectivity index (χ4v) is 1.55. The molecule has 0 aromatic carbocycles. The van der Waals surface area contributed by atoms with Gasteiger partial charge in [-0.1, -0.05) is 0 Å². The largest absolute Gasteiger partial charge is 0.472 e. The normalized spacial score (nSPS) is 10.3. The van der Waals surface area contributed by atoms with Gasteiger partial charge in [-0.05, 0) is 35.0 Å². The fourth-order valence-electron chi connectivity index (χ4n) is 1.05. The molecule has 13 heavy (non-hydrogen) atoms. The zero-order valence-electron chi connectivity index (χ0n) is 6.99. The van der Waals surface area contributed by atoms with Crippen LogP contribution >= 0.6 is 15.9 Å². The molecule has 0 bridgehead atoms. The second-order valence-corrected chi connectivity index (χ2v) is 3.48. The second-order valence-electron chi connectivity index (χ2n) is 2.67. The van der Waals surface area contributed by atoms with Crippen LogP contribution in [0.15, 0.2) is 33.7 Å². The van der Waals surface area contributed by atoms with E-state index in [1.165, 1.54) is 0 Å². The van der Waals surface area contributed by atoms with E-state index in [0.717, 1.165) is 15.9 Å². The maximum absolute atomic E-state index is 4.95. The quantitative estimate of drug-likeness (QED) is 0.718. The molecule has 0 amide bonds. The molecule has 0 aliphatic heterocycles. The molecule has 0 aliphatic carbocycles. The Morgan fingerprint density at radius 3 is 2.85 bits per heavy atom. The van der Waals surface area contributed by atoms with Gasteiger partial charge < -0.3 is 4.42 Å². The molecule has 0 saturated heterocycles. The Balaban J connectivity index is 2.53. The van der Waals surface area contributed by atoms with Gasteiger partial charge in [-0.3, -0.25) is 0 Å². The highest BCUT2D eigenvalue weighted by Gasteiger charge is 2.03. The van der Waals surface area contributed by atoms with Crippen LogP contribution in [-0.4, -0.2) is 9.97 Å². The minimum atomic E-state index is 0.681. The van der Waals surface area contributed by atoms with Crippen LogP contribution in [0, 0.1) is 6.92 Å². The lowest BCUT2D eigenvalue weighted by atomic mass is 10.3. The summed E-state index contributed by atoms with van der Waals surface area (Å²) in [7, 11) is 0. The highest BCUT2D eigenvalue weighted by atomic mass is 79.9. The Hall–Kier alpha value is -1.16. The van der Waals surface area contributed by atoms with Crippen molar-refractivity contribution in [3.8, 4) is 11.4 Å². The van der Waals surface area contributed by atoms with E-state index in [2.05, 4.69) is 25.9 Å². The van der Waals surface area contributed by atoms with Crippen molar-refractivity contribution in [2.75, 3.05) is 0 Å². The molecule has 0 saturated carbocycles. The van der Waals surface area contributed by atoms with Crippen LogP contribution in [0.2, 0.25) is 0 Å². The smallest absolute Gasteiger partial charge is 0.163 e. The van der Waals surface area contributed by atoms with E-state index < -0.39 is 0 Å². The molecule has 3 nitrogen and oxygen atoms in total. The third-order valence-electron chi connectivity index (χ3n) is 1.60. The third kappa shape index (κ3) is 1.78. The van der Waals surface area contributed by atoms with Crippen LogP contribution in [0.4, 0.5) is 0 Å². The summed E-state index contributed by atoms with van der Waals surface area (Å²) >= 11 is 3.32. The van der Waals surface area contributed by atoms with E-state index in [9.17, 15) is 0 Å². The highest BCUT2D eigenvalue weighted by molar-refractivity contribution is 9.10. The minimum Gasteiger partial charge on any atom is -0.472 e. The lowest BCUT2D eigenvalue weighted by molar-refractivity contribution is 0.568. The number of hydrogen-bond acceptors (Lipinski definition) is 3. The van der Waals surface area contributed by atoms with Crippen LogP contribution in [-0.2, 0) is 0 Å². The first-order chi connectivity index (χ1) is 6.25. The summed E-state index contributed by atoms with van der Waals surface area (Å²) in [4.78, 5) is 8.50. The zero-order chi connectivity index (χ0) is 9.26. The van der Waals surface area contributed by atoms with Crippen molar-refractivity contribution < 1.29 is 4.42 Å². The van der Waals surface area contributed by atoms with Gasteiger partial charge >= 0.3 is 0 Å². The molecular formula is C9H7BrN2O. The summed E-state index contributed by atoms with van der Waals surface area (Å²) in [6, 6.07) is 3.70. The molecule has 0 unspecified atom stereocenters. The lowest BCUT2D eigenvalue weighted by Crippen LogP contribution is -1.90. The van der Waals surface area contributed by atoms with Crippen LogP contribution in [0.3, 0.4) is 0 Å². The molecule has 4 heteroatoms. The number of furan rings is 1. The van der Waals surface area contributed by atoms with Crippen molar-refractivity contribution in [3.05, 3.63) is 35.0 Å². The average molecular weight is 239 g/mol. The Morgan fingerprint density at radius 2 is 2.23 bits per heavy atom. The van der Waals surface area contributed by atoms with Gasteiger partial charge in [0.25, 0.3) is 0 Å². The number of nitrogens with zero attached hydrogens (tertiary/aromatic N) is 2. The summed E-state index contributed by atoms with van der Waals surface area (Å²) in [5.74, 6) is 0.681. The first kappa shape index (κ1) is 8.44. The van der Waals surface area contributed by atoms with Gasteiger partial charge in [0.15, 0.2) is 5.82 Å². The molecule has 2 aromatic heterocycles. The number of aryl methyl sites for hydroxylation is 1. The summed E-state index contributed by atoms with van der Waals surface area (Å²) in [5.41, 5.74) is 1.82. The van der Waals surface area contributed by atoms with E-state index in [-0.39, 0.29) is 0 Å². The van der Waals surface area contributed by atoms with Crippen molar-refractivity contribution >= 4 is 15.9 Å². The van der Waals surface area contributed by atoms with Gasteiger partial charge in [-0.25, -0.2) is 9.97 Å². The number of rotatable bonds is 1. The van der Waals surface area contributed by atoms with Gasteiger partial charge in [0.05, 0.1) is 11.8 Å². The number of halogens is 1. The summed E-state index contributed by atoms with van der Waals surface area (Å²) in [5, 5.41) is 0. The first-order valence-electron chi connectivity index (χ1n) is 3.79. The first-order valence-corrected chi connectivity index (χ1v) is 4.59. The van der Waals surface area contributed by atoms with Gasteiger partial charge in [0.2, 0.25) is 0 Å². The Bertz CT molecular complexity index is 391. The fraction of sp³-hybridized carbons (Fsp3) is 0.111. The van der Waals surface area contributed by atoms with E-state index in [4.69, 9.17) is 4.42 Å². The van der Waals surface area contributed by atoms with Crippen molar-refractivity contribution in [2.24, 2.45) is 0 Å². The molecule has 2 heterocycles. The predicted octanol–water partition coefficient (Wildman–Crippen LogP) is 2.81. The van der Waals surface area contributed by atoms with E-state index in [1.54, 1.807) is 12.5 Å². The molecule has 66 valence electrons. The topological polar surface area (TPSA) is 38.9 Å². The van der Waals surface area contributed by atoms with Gasteiger partial charge in [-0.2, -0.15) is 0 Å². The monoisotopic (exact) mass is 238 g/mol. The molecule has 0 N–H and O–H groups in total. The van der Waals surface area contributed by atoms with E-state index >= 15 is 0 Å². The highest BCUT2D eigenvalue weighted by Crippen LogP contribution is 2.18. The van der Waals surface area contributed by atoms with E-state index in [0.29, 0.717) is 5.82 Å². The molecule has 2 aromatic rings. The zero-order valence-corrected chi connectivity index (χ0v) is 8.58. The molecule has 2 rings (SSSR count). The molecule has 0 atom stereocenters. The van der Waals surface area contributed by atoms with Crippen molar-refractivity contribution in [3.63, 3.8) is 0 Å². The lowest BCUT2D eigenvalue weighted by Gasteiger charge is -1.98. The van der Waals surface area contributed by atoms with Crippen molar-refractivity contribution in [1.29, 1.82) is 0 Å². The minimum absolute atomic E-state index is 0.681. The SMILES string of the molecule is Cc1cc(Br)nc(-c2ccoc2)n1. The van der Waals surface area contributed by atoms with Crippen LogP contribution in [0.25, 0.3) is 11.4 Å². The molecule has 0 aliphatic rings.